The summed E-state index contributed by atoms with van der Waals surface area (Å²) in [4.78, 5) is 11.0. The number of hydrogen-bond donors (Lipinski definition) is 1. The zero-order valence-corrected chi connectivity index (χ0v) is 30.3. The van der Waals surface area contributed by atoms with Gasteiger partial charge >= 0.3 is 5.97 Å². The van der Waals surface area contributed by atoms with E-state index in [1.54, 1.807) is 7.11 Å². The first kappa shape index (κ1) is 37.6. The van der Waals surface area contributed by atoms with Gasteiger partial charge in [-0.15, -0.1) is 0 Å². The van der Waals surface area contributed by atoms with E-state index in [-0.39, 0.29) is 43.2 Å². The minimum atomic E-state index is -1.82. The van der Waals surface area contributed by atoms with Crippen molar-refractivity contribution in [3.8, 4) is 0 Å². The lowest BCUT2D eigenvalue weighted by molar-refractivity contribution is -0.193. The molecule has 1 aliphatic carbocycles. The van der Waals surface area contributed by atoms with Gasteiger partial charge in [-0.1, -0.05) is 36.4 Å². The number of carbonyl (C=O) groups is 1. The average Bonchev–Trinajstić information content (AvgIpc) is 3.32. The lowest BCUT2D eigenvalue weighted by Crippen LogP contribution is -2.35. The summed E-state index contributed by atoms with van der Waals surface area (Å²) in [6, 6.07) is 8.56. The molecule has 3 fully saturated rings. The molecule has 1 saturated carbocycles. The van der Waals surface area contributed by atoms with Gasteiger partial charge in [0.05, 0.1) is 24.9 Å². The SMILES string of the molecule is COCc1cccc(C[C@@H](/C=C/[C@@H]2[C@@H](CCSCCCC(=O)O)[C@@H](O[Si](C)(C)C)C[C@H]2OC2CCCCO2)OC2CCCCO2)c1. The lowest BCUT2D eigenvalue weighted by atomic mass is 9.90. The first-order chi connectivity index (χ1) is 22.2. The molecule has 0 bridgehead atoms. The molecule has 0 amide bonds. The molecule has 0 aromatic heterocycles. The smallest absolute Gasteiger partial charge is 0.303 e. The number of hydrogen-bond acceptors (Lipinski definition) is 8. The molecule has 1 aromatic rings. The topological polar surface area (TPSA) is 92.7 Å². The van der Waals surface area contributed by atoms with Crippen molar-refractivity contribution in [1.29, 1.82) is 0 Å². The standard InChI is InChI=1S/C36H58O8SSi/c1-39-26-28-12-9-11-27(23-28)24-29(42-35-14-5-7-19-40-35)16-17-30-31(18-22-45-21-10-13-34(37)38)33(44-46(2,3)4)25-32(30)43-36-15-6-8-20-41-36/h9,11-12,16-17,23,29-33,35-36H,5-8,10,13-15,18-22,24-26H2,1-4H3,(H,37,38)/b17-16+/t29-,30-,31-,32-,33+,35?,36?/m1/s1. The van der Waals surface area contributed by atoms with Crippen LogP contribution in [0.4, 0.5) is 0 Å². The Hall–Kier alpha value is -1.24. The van der Waals surface area contributed by atoms with Crippen LogP contribution in [0.15, 0.2) is 36.4 Å². The van der Waals surface area contributed by atoms with E-state index in [1.165, 1.54) is 5.56 Å². The van der Waals surface area contributed by atoms with Crippen LogP contribution in [-0.2, 0) is 45.9 Å². The van der Waals surface area contributed by atoms with Crippen molar-refractivity contribution in [2.75, 3.05) is 31.8 Å². The molecule has 1 N–H and O–H groups in total. The van der Waals surface area contributed by atoms with Crippen LogP contribution in [-0.4, -0.2) is 82.1 Å². The highest BCUT2D eigenvalue weighted by Crippen LogP contribution is 2.42. The number of benzene rings is 1. The number of carboxylic acid groups (broad SMARTS) is 1. The Bertz CT molecular complexity index is 1050. The minimum Gasteiger partial charge on any atom is -0.481 e. The Morgan fingerprint density at radius 1 is 1.04 bits per heavy atom. The Balaban J connectivity index is 1.55. The van der Waals surface area contributed by atoms with Gasteiger partial charge in [-0.3, -0.25) is 4.79 Å². The summed E-state index contributed by atoms with van der Waals surface area (Å²) in [6.07, 6.45) is 14.0. The zero-order chi connectivity index (χ0) is 32.8. The summed E-state index contributed by atoms with van der Waals surface area (Å²) in [5, 5.41) is 9.04. The summed E-state index contributed by atoms with van der Waals surface area (Å²) in [5.74, 6) is 1.55. The number of ether oxygens (including phenoxy) is 5. The van der Waals surface area contributed by atoms with E-state index in [2.05, 4.69) is 56.1 Å². The van der Waals surface area contributed by atoms with Crippen LogP contribution in [0.1, 0.15) is 75.3 Å². The molecule has 4 rings (SSSR count). The molecule has 2 unspecified atom stereocenters. The predicted octanol–water partition coefficient (Wildman–Crippen LogP) is 7.60. The Labute approximate surface area is 282 Å². The fourth-order valence-electron chi connectivity index (χ4n) is 6.80. The third-order valence-corrected chi connectivity index (χ3v) is 11.0. The maximum absolute atomic E-state index is 11.0. The van der Waals surface area contributed by atoms with E-state index < -0.39 is 14.3 Å². The number of carboxylic acids is 1. The van der Waals surface area contributed by atoms with Crippen LogP contribution in [0, 0.1) is 11.8 Å². The van der Waals surface area contributed by atoms with Gasteiger partial charge in [0.15, 0.2) is 20.9 Å². The monoisotopic (exact) mass is 678 g/mol. The van der Waals surface area contributed by atoms with E-state index in [4.69, 9.17) is 33.2 Å². The van der Waals surface area contributed by atoms with Gasteiger partial charge in [0.2, 0.25) is 0 Å². The summed E-state index contributed by atoms with van der Waals surface area (Å²) in [7, 11) is -0.0938. The third kappa shape index (κ3) is 13.3. The quantitative estimate of drug-likeness (QED) is 0.0902. The van der Waals surface area contributed by atoms with Crippen LogP contribution >= 0.6 is 11.8 Å². The maximum Gasteiger partial charge on any atom is 0.303 e. The molecule has 46 heavy (non-hydrogen) atoms. The van der Waals surface area contributed by atoms with E-state index in [1.807, 2.05) is 11.8 Å². The first-order valence-corrected chi connectivity index (χ1v) is 22.0. The van der Waals surface area contributed by atoms with Crippen molar-refractivity contribution in [3.05, 3.63) is 47.5 Å². The van der Waals surface area contributed by atoms with Crippen LogP contribution < -0.4 is 0 Å². The molecule has 2 heterocycles. The summed E-state index contributed by atoms with van der Waals surface area (Å²) in [5.41, 5.74) is 2.37. The van der Waals surface area contributed by atoms with Crippen LogP contribution in [0.2, 0.25) is 19.6 Å². The van der Waals surface area contributed by atoms with E-state index in [0.717, 1.165) is 88.1 Å². The van der Waals surface area contributed by atoms with Crippen molar-refractivity contribution in [3.63, 3.8) is 0 Å². The molecule has 3 aliphatic rings. The molecular formula is C36H58O8SSi. The fourth-order valence-corrected chi connectivity index (χ4v) is 8.97. The summed E-state index contributed by atoms with van der Waals surface area (Å²) < 4.78 is 37.7. The van der Waals surface area contributed by atoms with Gasteiger partial charge in [-0.25, -0.2) is 0 Å². The predicted molar refractivity (Wildman–Crippen MR) is 186 cm³/mol. The second-order valence-electron chi connectivity index (χ2n) is 13.9. The van der Waals surface area contributed by atoms with Crippen LogP contribution in [0.25, 0.3) is 0 Å². The molecule has 7 atom stereocenters. The third-order valence-electron chi connectivity index (χ3n) is 8.86. The molecule has 10 heteroatoms. The van der Waals surface area contributed by atoms with Crippen molar-refractivity contribution >= 4 is 26.0 Å². The molecule has 0 spiro atoms. The molecular weight excluding hydrogens is 621 g/mol. The van der Waals surface area contributed by atoms with Crippen LogP contribution in [0.3, 0.4) is 0 Å². The minimum absolute atomic E-state index is 0.000628. The summed E-state index contributed by atoms with van der Waals surface area (Å²) >= 11 is 1.85. The number of thioether (sulfide) groups is 1. The molecule has 260 valence electrons. The average molecular weight is 679 g/mol. The molecule has 2 aliphatic heterocycles. The Morgan fingerprint density at radius 2 is 1.78 bits per heavy atom. The first-order valence-electron chi connectivity index (χ1n) is 17.5. The normalized spacial score (nSPS) is 28.1. The Kier molecular flexibility index (Phi) is 16.1. The largest absolute Gasteiger partial charge is 0.481 e. The van der Waals surface area contributed by atoms with Gasteiger partial charge in [0.1, 0.15) is 0 Å². The van der Waals surface area contributed by atoms with E-state index in [9.17, 15) is 4.79 Å². The molecule has 0 radical (unpaired) electrons. The zero-order valence-electron chi connectivity index (χ0n) is 28.5. The van der Waals surface area contributed by atoms with Crippen molar-refractivity contribution in [1.82, 2.24) is 0 Å². The number of methoxy groups -OCH3 is 1. The second kappa shape index (κ2) is 19.7. The number of rotatable bonds is 19. The van der Waals surface area contributed by atoms with Crippen LogP contribution in [0.5, 0.6) is 0 Å². The summed E-state index contributed by atoms with van der Waals surface area (Å²) in [6.45, 7) is 8.87. The molecule has 1 aromatic carbocycles. The number of aliphatic carboxylic acids is 1. The highest BCUT2D eigenvalue weighted by molar-refractivity contribution is 7.99. The van der Waals surface area contributed by atoms with Gasteiger partial charge < -0.3 is 33.2 Å². The van der Waals surface area contributed by atoms with Crippen molar-refractivity contribution < 1.29 is 38.0 Å². The fraction of sp³-hybridized carbons (Fsp3) is 0.750. The van der Waals surface area contributed by atoms with Gasteiger partial charge in [0, 0.05) is 39.1 Å². The van der Waals surface area contributed by atoms with E-state index in [0.29, 0.717) is 18.9 Å². The van der Waals surface area contributed by atoms with Gasteiger partial charge in [0.25, 0.3) is 0 Å². The maximum atomic E-state index is 11.0. The highest BCUT2D eigenvalue weighted by Gasteiger charge is 2.45. The molecule has 8 nitrogen and oxygen atoms in total. The van der Waals surface area contributed by atoms with E-state index >= 15 is 0 Å². The van der Waals surface area contributed by atoms with Crippen molar-refractivity contribution in [2.24, 2.45) is 11.8 Å². The highest BCUT2D eigenvalue weighted by atomic mass is 32.2. The van der Waals surface area contributed by atoms with Crippen molar-refractivity contribution in [2.45, 2.75) is 128 Å². The second-order valence-corrected chi connectivity index (χ2v) is 19.6. The van der Waals surface area contributed by atoms with Gasteiger partial charge in [-0.2, -0.15) is 11.8 Å². The Morgan fingerprint density at radius 3 is 2.46 bits per heavy atom. The van der Waals surface area contributed by atoms with Gasteiger partial charge in [-0.05, 0) is 106 Å². The molecule has 2 saturated heterocycles. The lowest BCUT2D eigenvalue weighted by Gasteiger charge is -2.31.